The average Bonchev–Trinajstić information content (AvgIpc) is 2.41. The van der Waals surface area contributed by atoms with E-state index in [1.807, 2.05) is 12.1 Å². The van der Waals surface area contributed by atoms with Crippen LogP contribution in [-0.4, -0.2) is 0 Å². The second-order valence-corrected chi connectivity index (χ2v) is 5.32. The molecule has 0 unspecified atom stereocenters. The van der Waals surface area contributed by atoms with E-state index in [9.17, 15) is 8.78 Å². The third-order valence-corrected chi connectivity index (χ3v) is 3.83. The topological polar surface area (TPSA) is 9.23 Å². The van der Waals surface area contributed by atoms with Gasteiger partial charge in [0, 0.05) is 10.9 Å². The summed E-state index contributed by atoms with van der Waals surface area (Å²) in [7, 11) is 0. The number of hydrogen-bond acceptors (Lipinski definition) is 1. The molecule has 0 aromatic heterocycles. The van der Waals surface area contributed by atoms with E-state index in [4.69, 9.17) is 4.74 Å². The zero-order chi connectivity index (χ0) is 13.8. The lowest BCUT2D eigenvalue weighted by Crippen LogP contribution is -2.01. The lowest BCUT2D eigenvalue weighted by molar-refractivity contribution is 0.295. The van der Waals surface area contributed by atoms with Crippen molar-refractivity contribution in [2.75, 3.05) is 0 Å². The van der Waals surface area contributed by atoms with Gasteiger partial charge in [0.15, 0.2) is 11.6 Å². The van der Waals surface area contributed by atoms with Gasteiger partial charge in [0.25, 0.3) is 0 Å². The van der Waals surface area contributed by atoms with E-state index in [1.54, 1.807) is 6.07 Å². The first-order valence-electron chi connectivity index (χ1n) is 5.52. The van der Waals surface area contributed by atoms with E-state index < -0.39 is 11.6 Å². The van der Waals surface area contributed by atoms with E-state index in [2.05, 4.69) is 31.9 Å². The summed E-state index contributed by atoms with van der Waals surface area (Å²) in [6, 6.07) is 9.64. The quantitative estimate of drug-likeness (QED) is 0.650. The molecule has 2 aromatic rings. The monoisotopic (exact) mass is 390 g/mol. The second kappa shape index (κ2) is 6.48. The van der Waals surface area contributed by atoms with Crippen LogP contribution in [-0.2, 0) is 11.9 Å². The van der Waals surface area contributed by atoms with Crippen LogP contribution in [0.1, 0.15) is 11.1 Å². The molecular formula is C14H10Br2F2O. The molecule has 0 N–H and O–H groups in total. The molecule has 2 rings (SSSR count). The molecule has 0 bridgehead atoms. The zero-order valence-corrected chi connectivity index (χ0v) is 13.0. The van der Waals surface area contributed by atoms with E-state index >= 15 is 0 Å². The highest BCUT2D eigenvalue weighted by Crippen LogP contribution is 2.28. The predicted molar refractivity (Wildman–Crippen MR) is 77.5 cm³/mol. The van der Waals surface area contributed by atoms with Gasteiger partial charge < -0.3 is 4.74 Å². The SMILES string of the molecule is Fc1cccc(COc2ccc(CBr)cc2Br)c1F. The van der Waals surface area contributed by atoms with Gasteiger partial charge in [-0.05, 0) is 39.7 Å². The molecule has 0 radical (unpaired) electrons. The van der Waals surface area contributed by atoms with Crippen LogP contribution in [0.15, 0.2) is 40.9 Å². The highest BCUT2D eigenvalue weighted by molar-refractivity contribution is 9.10. The minimum atomic E-state index is -0.866. The van der Waals surface area contributed by atoms with E-state index in [0.717, 1.165) is 21.4 Å². The number of rotatable bonds is 4. The summed E-state index contributed by atoms with van der Waals surface area (Å²) < 4.78 is 32.8. The first-order chi connectivity index (χ1) is 9.11. The molecule has 0 heterocycles. The van der Waals surface area contributed by atoms with E-state index in [1.165, 1.54) is 12.1 Å². The molecule has 1 nitrogen and oxygen atoms in total. The molecule has 0 saturated heterocycles. The third-order valence-electron chi connectivity index (χ3n) is 2.57. The molecule has 0 aliphatic rings. The average molecular weight is 392 g/mol. The Morgan fingerprint density at radius 1 is 1.11 bits per heavy atom. The fourth-order valence-corrected chi connectivity index (χ4v) is 2.45. The van der Waals surface area contributed by atoms with Crippen molar-refractivity contribution in [2.45, 2.75) is 11.9 Å². The maximum atomic E-state index is 13.5. The summed E-state index contributed by atoms with van der Waals surface area (Å²) in [4.78, 5) is 0. The van der Waals surface area contributed by atoms with Gasteiger partial charge >= 0.3 is 0 Å². The van der Waals surface area contributed by atoms with Crippen LogP contribution >= 0.6 is 31.9 Å². The molecule has 19 heavy (non-hydrogen) atoms. The van der Waals surface area contributed by atoms with Crippen LogP contribution in [0.4, 0.5) is 8.78 Å². The van der Waals surface area contributed by atoms with Gasteiger partial charge in [0.2, 0.25) is 0 Å². The third kappa shape index (κ3) is 3.54. The summed E-state index contributed by atoms with van der Waals surface area (Å²) in [6.07, 6.45) is 0. The minimum Gasteiger partial charge on any atom is -0.488 e. The predicted octanol–water partition coefficient (Wildman–Crippen LogP) is 5.20. The first kappa shape index (κ1) is 14.5. The van der Waals surface area contributed by atoms with Gasteiger partial charge in [-0.2, -0.15) is 0 Å². The van der Waals surface area contributed by atoms with Crippen LogP contribution in [0.25, 0.3) is 0 Å². The zero-order valence-electron chi connectivity index (χ0n) is 9.80. The fourth-order valence-electron chi connectivity index (χ4n) is 1.56. The van der Waals surface area contributed by atoms with Crippen molar-refractivity contribution in [3.63, 3.8) is 0 Å². The Balaban J connectivity index is 2.12. The number of alkyl halides is 1. The smallest absolute Gasteiger partial charge is 0.165 e. The first-order valence-corrected chi connectivity index (χ1v) is 7.43. The van der Waals surface area contributed by atoms with Crippen molar-refractivity contribution in [3.05, 3.63) is 63.6 Å². The summed E-state index contributed by atoms with van der Waals surface area (Å²) >= 11 is 6.74. The second-order valence-electron chi connectivity index (χ2n) is 3.90. The van der Waals surface area contributed by atoms with Gasteiger partial charge in [0.05, 0.1) is 4.47 Å². The van der Waals surface area contributed by atoms with Gasteiger partial charge in [0.1, 0.15) is 12.4 Å². The molecule has 0 aliphatic carbocycles. The largest absolute Gasteiger partial charge is 0.488 e. The molecule has 0 atom stereocenters. The lowest BCUT2D eigenvalue weighted by Gasteiger charge is -2.10. The molecule has 0 spiro atoms. The van der Waals surface area contributed by atoms with E-state index in [0.29, 0.717) is 5.75 Å². The summed E-state index contributed by atoms with van der Waals surface area (Å²) in [5.41, 5.74) is 1.28. The number of ether oxygens (including phenoxy) is 1. The van der Waals surface area contributed by atoms with Gasteiger partial charge in [-0.25, -0.2) is 8.78 Å². The number of halogens is 4. The van der Waals surface area contributed by atoms with Crippen molar-refractivity contribution >= 4 is 31.9 Å². The Bertz CT molecular complexity index is 588. The number of benzene rings is 2. The standard InChI is InChI=1S/C14H10Br2F2O/c15-7-9-4-5-13(11(16)6-9)19-8-10-2-1-3-12(17)14(10)18/h1-6H,7-8H2. The van der Waals surface area contributed by atoms with Gasteiger partial charge in [-0.3, -0.25) is 0 Å². The van der Waals surface area contributed by atoms with Crippen LogP contribution in [0, 0.1) is 11.6 Å². The molecule has 0 amide bonds. The van der Waals surface area contributed by atoms with E-state index in [-0.39, 0.29) is 12.2 Å². The Labute approximate surface area is 126 Å². The summed E-state index contributed by atoms with van der Waals surface area (Å²) in [5, 5.41) is 0.740. The lowest BCUT2D eigenvalue weighted by atomic mass is 10.2. The molecular weight excluding hydrogens is 382 g/mol. The van der Waals surface area contributed by atoms with Crippen molar-refractivity contribution in [1.82, 2.24) is 0 Å². The van der Waals surface area contributed by atoms with Crippen LogP contribution in [0.2, 0.25) is 0 Å². The Kier molecular flexibility index (Phi) is 4.93. The minimum absolute atomic E-state index is 0.0180. The molecule has 5 heteroatoms. The van der Waals surface area contributed by atoms with Crippen molar-refractivity contribution in [1.29, 1.82) is 0 Å². The van der Waals surface area contributed by atoms with Crippen LogP contribution in [0.5, 0.6) is 5.75 Å². The Morgan fingerprint density at radius 3 is 2.58 bits per heavy atom. The van der Waals surface area contributed by atoms with Crippen molar-refractivity contribution in [3.8, 4) is 5.75 Å². The van der Waals surface area contributed by atoms with Crippen LogP contribution in [0.3, 0.4) is 0 Å². The molecule has 0 aliphatic heterocycles. The highest BCUT2D eigenvalue weighted by atomic mass is 79.9. The summed E-state index contributed by atoms with van der Waals surface area (Å²) in [5.74, 6) is -1.14. The van der Waals surface area contributed by atoms with Crippen molar-refractivity contribution in [2.24, 2.45) is 0 Å². The van der Waals surface area contributed by atoms with Crippen molar-refractivity contribution < 1.29 is 13.5 Å². The molecule has 2 aromatic carbocycles. The molecule has 0 saturated carbocycles. The van der Waals surface area contributed by atoms with Crippen LogP contribution < -0.4 is 4.74 Å². The highest BCUT2D eigenvalue weighted by Gasteiger charge is 2.09. The molecule has 100 valence electrons. The van der Waals surface area contributed by atoms with Gasteiger partial charge in [-0.1, -0.05) is 34.1 Å². The normalized spacial score (nSPS) is 10.5. The number of hydrogen-bond donors (Lipinski definition) is 0. The fraction of sp³-hybridized carbons (Fsp3) is 0.143. The maximum Gasteiger partial charge on any atom is 0.165 e. The molecule has 0 fully saturated rings. The Morgan fingerprint density at radius 2 is 1.89 bits per heavy atom. The Hall–Kier alpha value is -0.940. The maximum absolute atomic E-state index is 13.5. The summed E-state index contributed by atoms with van der Waals surface area (Å²) in [6.45, 7) is -0.0180. The van der Waals surface area contributed by atoms with Gasteiger partial charge in [-0.15, -0.1) is 0 Å².